The Hall–Kier alpha value is -3.68. The molecule has 4 nitrogen and oxygen atoms in total. The zero-order chi connectivity index (χ0) is 28.2. The number of hydrogen-bond donors (Lipinski definition) is 1. The van der Waals surface area contributed by atoms with Gasteiger partial charge in [0.05, 0.1) is 12.4 Å². The number of aromatic nitrogens is 2. The Morgan fingerprint density at radius 3 is 2.42 bits per heavy atom. The van der Waals surface area contributed by atoms with Crippen LogP contribution in [0.4, 0.5) is 23.2 Å². The van der Waals surface area contributed by atoms with Gasteiger partial charge in [-0.3, -0.25) is 4.79 Å². The van der Waals surface area contributed by atoms with Crippen molar-refractivity contribution in [1.82, 2.24) is 9.55 Å². The minimum absolute atomic E-state index is 0.0470. The molecule has 1 aliphatic rings. The number of nitrogens with one attached hydrogen (secondary N) is 1. The van der Waals surface area contributed by atoms with Crippen molar-refractivity contribution in [3.05, 3.63) is 106 Å². The lowest BCUT2D eigenvalue weighted by atomic mass is 9.71. The van der Waals surface area contributed by atoms with E-state index in [4.69, 9.17) is 0 Å². The van der Waals surface area contributed by atoms with Crippen LogP contribution in [0.3, 0.4) is 0 Å². The second kappa shape index (κ2) is 11.8. The van der Waals surface area contributed by atoms with Gasteiger partial charge in [-0.2, -0.15) is 0 Å². The summed E-state index contributed by atoms with van der Waals surface area (Å²) >= 11 is 0. The number of nitrogens with zero attached hydrogens (tertiary/aromatic N) is 2. The van der Waals surface area contributed by atoms with Gasteiger partial charge in [0.1, 0.15) is 5.69 Å². The number of rotatable bonds is 7. The van der Waals surface area contributed by atoms with Gasteiger partial charge in [0.2, 0.25) is 5.91 Å². The number of allylic oxidation sites excluding steroid dienone is 9. The average Bonchev–Trinajstić information content (AvgIpc) is 3.38. The van der Waals surface area contributed by atoms with Crippen molar-refractivity contribution in [3.8, 4) is 0 Å². The molecule has 0 fully saturated rings. The maximum absolute atomic E-state index is 14.1. The normalized spacial score (nSPS) is 18.6. The Morgan fingerprint density at radius 2 is 1.76 bits per heavy atom. The van der Waals surface area contributed by atoms with Gasteiger partial charge in [0, 0.05) is 24.0 Å². The zero-order valence-corrected chi connectivity index (χ0v) is 22.5. The van der Waals surface area contributed by atoms with E-state index in [-0.39, 0.29) is 11.5 Å². The molecule has 0 saturated heterocycles. The van der Waals surface area contributed by atoms with Gasteiger partial charge < -0.3 is 9.88 Å². The van der Waals surface area contributed by atoms with E-state index in [1.807, 2.05) is 36.9 Å². The highest BCUT2D eigenvalue weighted by Gasteiger charge is 2.32. The predicted octanol–water partition coefficient (Wildman–Crippen LogP) is 8.07. The number of carbonyl (C=O) groups excluding carboxylic acids is 1. The summed E-state index contributed by atoms with van der Waals surface area (Å²) in [5, 5.41) is 1.96. The summed E-state index contributed by atoms with van der Waals surface area (Å²) in [4.78, 5) is 16.4. The van der Waals surface area contributed by atoms with Crippen LogP contribution in [0.1, 0.15) is 59.1 Å². The molecule has 1 heterocycles. The highest BCUT2D eigenvalue weighted by Crippen LogP contribution is 2.45. The number of halogens is 4. The van der Waals surface area contributed by atoms with Gasteiger partial charge in [-0.1, -0.05) is 49.8 Å². The fraction of sp³-hybridized carbons (Fsp3) is 0.333. The third-order valence-corrected chi connectivity index (χ3v) is 6.90. The Labute approximate surface area is 221 Å². The van der Waals surface area contributed by atoms with E-state index in [0.29, 0.717) is 5.57 Å². The number of anilines is 1. The van der Waals surface area contributed by atoms with Crippen LogP contribution in [0.2, 0.25) is 0 Å². The summed E-state index contributed by atoms with van der Waals surface area (Å²) in [7, 11) is 0. The van der Waals surface area contributed by atoms with Gasteiger partial charge in [0.25, 0.3) is 0 Å². The molecule has 0 bridgehead atoms. The van der Waals surface area contributed by atoms with Crippen LogP contribution in [0.5, 0.6) is 0 Å². The van der Waals surface area contributed by atoms with Crippen LogP contribution in [0, 0.1) is 35.6 Å². The molecule has 0 radical (unpaired) electrons. The zero-order valence-electron chi connectivity index (χ0n) is 22.5. The smallest absolute Gasteiger partial charge is 0.248 e. The number of benzene rings is 1. The van der Waals surface area contributed by atoms with Crippen LogP contribution in [0.15, 0.2) is 77.5 Å². The third-order valence-electron chi connectivity index (χ3n) is 6.90. The van der Waals surface area contributed by atoms with Crippen molar-refractivity contribution < 1.29 is 22.4 Å². The molecule has 1 aromatic heterocycles. The largest absolute Gasteiger partial charge is 0.330 e. The van der Waals surface area contributed by atoms with Crippen LogP contribution in [0.25, 0.3) is 0 Å². The maximum atomic E-state index is 14.1. The molecule has 1 amide bonds. The number of carbonyl (C=O) groups is 1. The molecule has 0 spiro atoms. The van der Waals surface area contributed by atoms with Gasteiger partial charge in [-0.25, -0.2) is 22.5 Å². The lowest BCUT2D eigenvalue weighted by Crippen LogP contribution is -2.25. The van der Waals surface area contributed by atoms with E-state index >= 15 is 0 Å². The second-order valence-corrected chi connectivity index (χ2v) is 10.3. The minimum atomic E-state index is -1.84. The summed E-state index contributed by atoms with van der Waals surface area (Å²) in [6.07, 6.45) is 18.3. The second-order valence-electron chi connectivity index (χ2n) is 10.3. The highest BCUT2D eigenvalue weighted by atomic mass is 19.2. The fourth-order valence-electron chi connectivity index (χ4n) is 4.64. The molecular weight excluding hydrogens is 494 g/mol. The Balaban J connectivity index is 1.70. The van der Waals surface area contributed by atoms with Gasteiger partial charge >= 0.3 is 0 Å². The first-order valence-electron chi connectivity index (χ1n) is 12.4. The summed E-state index contributed by atoms with van der Waals surface area (Å²) in [5.41, 5.74) is 2.39. The van der Waals surface area contributed by atoms with Gasteiger partial charge in [0.15, 0.2) is 23.3 Å². The first-order chi connectivity index (χ1) is 17.8. The Bertz CT molecular complexity index is 1330. The topological polar surface area (TPSA) is 46.9 Å². The first-order valence-corrected chi connectivity index (χ1v) is 12.4. The van der Waals surface area contributed by atoms with Gasteiger partial charge in [-0.05, 0) is 62.7 Å². The molecule has 1 aliphatic carbocycles. The van der Waals surface area contributed by atoms with Crippen molar-refractivity contribution >= 4 is 11.6 Å². The molecular formula is C30H33F4N3O. The van der Waals surface area contributed by atoms with E-state index in [2.05, 4.69) is 36.4 Å². The molecule has 1 aromatic carbocycles. The maximum Gasteiger partial charge on any atom is 0.248 e. The molecule has 8 heteroatoms. The summed E-state index contributed by atoms with van der Waals surface area (Å²) in [5.74, 6) is -7.47. The summed E-state index contributed by atoms with van der Waals surface area (Å²) in [6, 6.07) is 0.283. The Morgan fingerprint density at radius 1 is 1.05 bits per heavy atom. The Kier molecular flexibility index (Phi) is 8.97. The average molecular weight is 528 g/mol. The lowest BCUT2D eigenvalue weighted by molar-refractivity contribution is -0.112. The standard InChI is InChI=1S/C30H33F4N3O/c1-18(10-11-22-20(3)23(12-13-30(22,5)6)37-15-14-35-17-37)8-7-9-19(2)16-24(38)36-29-26(32)21(4)25(31)27(33)28(29)34/h7-11,14-17,23H,12-13H2,1-6H3,(H,36,38)/b9-7+,11-10+,18-8+,19-16+. The van der Waals surface area contributed by atoms with Crippen molar-refractivity contribution in [3.63, 3.8) is 0 Å². The van der Waals surface area contributed by atoms with E-state index in [9.17, 15) is 22.4 Å². The molecule has 0 saturated carbocycles. The van der Waals surface area contributed by atoms with E-state index < -0.39 is 40.4 Å². The minimum Gasteiger partial charge on any atom is -0.330 e. The molecule has 1 unspecified atom stereocenters. The number of amides is 1. The summed E-state index contributed by atoms with van der Waals surface area (Å²) in [6.45, 7) is 11.2. The molecule has 2 aromatic rings. The van der Waals surface area contributed by atoms with Gasteiger partial charge in [-0.15, -0.1) is 0 Å². The predicted molar refractivity (Wildman–Crippen MR) is 142 cm³/mol. The third kappa shape index (κ3) is 6.41. The van der Waals surface area contributed by atoms with Crippen molar-refractivity contribution in [2.75, 3.05) is 5.32 Å². The van der Waals surface area contributed by atoms with E-state index in [1.54, 1.807) is 25.3 Å². The van der Waals surface area contributed by atoms with Crippen LogP contribution in [-0.2, 0) is 4.79 Å². The lowest BCUT2D eigenvalue weighted by Gasteiger charge is -2.37. The van der Waals surface area contributed by atoms with Crippen LogP contribution < -0.4 is 5.32 Å². The van der Waals surface area contributed by atoms with E-state index in [0.717, 1.165) is 31.4 Å². The van der Waals surface area contributed by atoms with Crippen molar-refractivity contribution in [2.45, 2.75) is 60.4 Å². The molecule has 3 rings (SSSR count). The number of hydrogen-bond acceptors (Lipinski definition) is 2. The highest BCUT2D eigenvalue weighted by molar-refractivity contribution is 6.00. The quantitative estimate of drug-likeness (QED) is 0.130. The van der Waals surface area contributed by atoms with Crippen LogP contribution >= 0.6 is 0 Å². The van der Waals surface area contributed by atoms with E-state index in [1.165, 1.54) is 11.1 Å². The molecule has 1 atom stereocenters. The molecule has 0 aliphatic heterocycles. The number of imidazole rings is 1. The molecule has 1 N–H and O–H groups in total. The SMILES string of the molecule is CC1=C(/C=C/C(C)=C/C=C/C(C)=C/C(=O)Nc2c(F)c(C)c(F)c(F)c2F)C(C)(C)CCC1n1ccnc1. The molecule has 38 heavy (non-hydrogen) atoms. The van der Waals surface area contributed by atoms with Crippen LogP contribution in [-0.4, -0.2) is 15.5 Å². The fourth-order valence-corrected chi connectivity index (χ4v) is 4.64. The monoisotopic (exact) mass is 527 g/mol. The van der Waals surface area contributed by atoms with Crippen molar-refractivity contribution in [2.24, 2.45) is 5.41 Å². The van der Waals surface area contributed by atoms with Crippen molar-refractivity contribution in [1.29, 1.82) is 0 Å². The summed E-state index contributed by atoms with van der Waals surface area (Å²) < 4.78 is 57.3. The first kappa shape index (κ1) is 28.9. The molecule has 202 valence electrons.